The maximum Gasteiger partial charge on any atom is 0.292 e. The molecule has 3 heterocycles. The minimum absolute atomic E-state index is 0.188. The number of nitrogens with one attached hydrogen (secondary N) is 2. The maximum atomic E-state index is 12.0. The summed E-state index contributed by atoms with van der Waals surface area (Å²) in [4.78, 5) is 15.9. The van der Waals surface area contributed by atoms with E-state index in [2.05, 4.69) is 25.4 Å². The Morgan fingerprint density at radius 1 is 1.09 bits per heavy atom. The number of fused-ring (bicyclic) bond motifs is 1. The molecule has 0 saturated carbocycles. The van der Waals surface area contributed by atoms with Crippen LogP contribution >= 0.6 is 0 Å². The zero-order valence-electron chi connectivity index (χ0n) is 11.8. The first-order valence-electron chi connectivity index (χ1n) is 6.84. The minimum atomic E-state index is -0.356. The quantitative estimate of drug-likeness (QED) is 0.726. The maximum absolute atomic E-state index is 12.0. The van der Waals surface area contributed by atoms with E-state index >= 15 is 0 Å². The summed E-state index contributed by atoms with van der Waals surface area (Å²) in [6.07, 6.45) is 3.20. The van der Waals surface area contributed by atoms with Crippen molar-refractivity contribution in [3.8, 4) is 22.8 Å². The van der Waals surface area contributed by atoms with Gasteiger partial charge < -0.3 is 9.47 Å². The second-order valence-corrected chi connectivity index (χ2v) is 4.78. The first kappa shape index (κ1) is 13.3. The van der Waals surface area contributed by atoms with Crippen LogP contribution in [0.25, 0.3) is 11.3 Å². The molecule has 4 rings (SSSR count). The Kier molecular flexibility index (Phi) is 3.12. The Morgan fingerprint density at radius 3 is 2.87 bits per heavy atom. The van der Waals surface area contributed by atoms with Gasteiger partial charge in [-0.3, -0.25) is 20.0 Å². The van der Waals surface area contributed by atoms with Crippen molar-refractivity contribution < 1.29 is 9.47 Å². The molecule has 2 aromatic heterocycles. The van der Waals surface area contributed by atoms with Gasteiger partial charge in [0, 0.05) is 11.8 Å². The molecule has 0 radical (unpaired) electrons. The number of rotatable bonds is 3. The molecule has 8 heteroatoms. The Labute approximate surface area is 129 Å². The van der Waals surface area contributed by atoms with Crippen molar-refractivity contribution in [1.29, 1.82) is 0 Å². The van der Waals surface area contributed by atoms with Crippen molar-refractivity contribution in [1.82, 2.24) is 15.2 Å². The summed E-state index contributed by atoms with van der Waals surface area (Å²) in [7, 11) is 0. The summed E-state index contributed by atoms with van der Waals surface area (Å²) in [6.45, 7) is 0.190. The Hall–Kier alpha value is -3.42. The second kappa shape index (κ2) is 5.41. The summed E-state index contributed by atoms with van der Waals surface area (Å²) in [5.74, 6) is 1.30. The van der Waals surface area contributed by atoms with E-state index in [9.17, 15) is 4.79 Å². The SMILES string of the molecule is O=c1[nH][nH]c(-c2ccc3c(c2)OCO3)c1N=Nc1cccnc1. The van der Waals surface area contributed by atoms with Crippen LogP contribution in [0.4, 0.5) is 11.4 Å². The van der Waals surface area contributed by atoms with Crippen LogP contribution in [0.5, 0.6) is 11.5 Å². The number of pyridine rings is 1. The van der Waals surface area contributed by atoms with E-state index in [1.807, 2.05) is 6.07 Å². The van der Waals surface area contributed by atoms with Gasteiger partial charge in [-0.1, -0.05) is 0 Å². The van der Waals surface area contributed by atoms with E-state index in [4.69, 9.17) is 9.47 Å². The van der Waals surface area contributed by atoms with Gasteiger partial charge in [-0.15, -0.1) is 10.2 Å². The van der Waals surface area contributed by atoms with Crippen LogP contribution in [-0.4, -0.2) is 22.0 Å². The number of ether oxygens (including phenoxy) is 2. The summed E-state index contributed by atoms with van der Waals surface area (Å²) in [6, 6.07) is 8.87. The predicted octanol–water partition coefficient (Wildman–Crippen LogP) is 2.91. The van der Waals surface area contributed by atoms with Crippen molar-refractivity contribution in [3.63, 3.8) is 0 Å². The van der Waals surface area contributed by atoms with Crippen LogP contribution in [-0.2, 0) is 0 Å². The predicted molar refractivity (Wildman–Crippen MR) is 81.4 cm³/mol. The van der Waals surface area contributed by atoms with Gasteiger partial charge in [-0.2, -0.15) is 0 Å². The van der Waals surface area contributed by atoms with Gasteiger partial charge >= 0.3 is 0 Å². The number of aromatic amines is 2. The molecule has 0 spiro atoms. The number of azo groups is 1. The van der Waals surface area contributed by atoms with Gasteiger partial charge in [0.2, 0.25) is 6.79 Å². The highest BCUT2D eigenvalue weighted by atomic mass is 16.7. The average Bonchev–Trinajstić information content (AvgIpc) is 3.19. The molecule has 0 fully saturated rings. The van der Waals surface area contributed by atoms with Gasteiger partial charge in [0.25, 0.3) is 5.56 Å². The van der Waals surface area contributed by atoms with Crippen LogP contribution in [0.15, 0.2) is 57.7 Å². The van der Waals surface area contributed by atoms with Crippen molar-refractivity contribution in [3.05, 3.63) is 53.1 Å². The lowest BCUT2D eigenvalue weighted by Crippen LogP contribution is -1.96. The molecule has 8 nitrogen and oxygen atoms in total. The molecule has 23 heavy (non-hydrogen) atoms. The van der Waals surface area contributed by atoms with Gasteiger partial charge in [0.15, 0.2) is 17.2 Å². The van der Waals surface area contributed by atoms with Crippen LogP contribution in [0, 0.1) is 0 Å². The second-order valence-electron chi connectivity index (χ2n) is 4.78. The van der Waals surface area contributed by atoms with Crippen LogP contribution in [0.3, 0.4) is 0 Å². The third-order valence-electron chi connectivity index (χ3n) is 3.33. The Balaban J connectivity index is 1.73. The highest BCUT2D eigenvalue weighted by Gasteiger charge is 2.17. The highest BCUT2D eigenvalue weighted by Crippen LogP contribution is 2.37. The Morgan fingerprint density at radius 2 is 2.00 bits per heavy atom. The zero-order chi connectivity index (χ0) is 15.6. The molecule has 0 amide bonds. The third-order valence-corrected chi connectivity index (χ3v) is 3.33. The molecule has 3 aromatic rings. The fraction of sp³-hybridized carbons (Fsp3) is 0.0667. The number of nitrogens with zero attached hydrogens (tertiary/aromatic N) is 3. The Bertz CT molecular complexity index is 930. The standard InChI is InChI=1S/C15H11N5O3/c21-15-14(19-17-10-2-1-5-16-7-10)13(18-20-15)9-3-4-11-12(6-9)23-8-22-11/h1-7H,8H2,(H2,18,20,21). The molecule has 2 N–H and O–H groups in total. The summed E-state index contributed by atoms with van der Waals surface area (Å²) in [5.41, 5.74) is 1.66. The molecule has 1 aliphatic rings. The highest BCUT2D eigenvalue weighted by molar-refractivity contribution is 5.73. The molecular weight excluding hydrogens is 298 g/mol. The zero-order valence-corrected chi connectivity index (χ0v) is 11.8. The van der Waals surface area contributed by atoms with E-state index < -0.39 is 0 Å². The minimum Gasteiger partial charge on any atom is -0.454 e. The molecule has 0 aliphatic carbocycles. The van der Waals surface area contributed by atoms with Crippen LogP contribution in [0.2, 0.25) is 0 Å². The lowest BCUT2D eigenvalue weighted by atomic mass is 10.1. The summed E-state index contributed by atoms with van der Waals surface area (Å²) in [5, 5.41) is 13.4. The van der Waals surface area contributed by atoms with E-state index in [1.165, 1.54) is 0 Å². The van der Waals surface area contributed by atoms with Gasteiger partial charge in [-0.25, -0.2) is 0 Å². The third kappa shape index (κ3) is 2.46. The number of hydrogen-bond donors (Lipinski definition) is 2. The first-order chi connectivity index (χ1) is 11.3. The van der Waals surface area contributed by atoms with E-state index in [1.54, 1.807) is 36.7 Å². The van der Waals surface area contributed by atoms with Crippen molar-refractivity contribution in [2.75, 3.05) is 6.79 Å². The van der Waals surface area contributed by atoms with Crippen molar-refractivity contribution >= 4 is 11.4 Å². The van der Waals surface area contributed by atoms with Crippen LogP contribution in [0.1, 0.15) is 0 Å². The topological polar surface area (TPSA) is 105 Å². The van der Waals surface area contributed by atoms with Crippen LogP contribution < -0.4 is 15.0 Å². The summed E-state index contributed by atoms with van der Waals surface area (Å²) >= 11 is 0. The number of aromatic nitrogens is 3. The summed E-state index contributed by atoms with van der Waals surface area (Å²) < 4.78 is 10.6. The monoisotopic (exact) mass is 309 g/mol. The smallest absolute Gasteiger partial charge is 0.292 e. The van der Waals surface area contributed by atoms with Gasteiger partial charge in [-0.05, 0) is 30.3 Å². The van der Waals surface area contributed by atoms with Gasteiger partial charge in [0.05, 0.1) is 11.9 Å². The average molecular weight is 309 g/mol. The molecule has 0 bridgehead atoms. The number of benzene rings is 1. The molecule has 1 aromatic carbocycles. The first-order valence-corrected chi connectivity index (χ1v) is 6.84. The number of H-pyrrole nitrogens is 2. The molecule has 0 atom stereocenters. The molecule has 0 saturated heterocycles. The van der Waals surface area contributed by atoms with E-state index in [0.717, 1.165) is 5.56 Å². The fourth-order valence-electron chi connectivity index (χ4n) is 2.23. The van der Waals surface area contributed by atoms with E-state index in [0.29, 0.717) is 22.9 Å². The van der Waals surface area contributed by atoms with Gasteiger partial charge in [0.1, 0.15) is 5.69 Å². The normalized spacial score (nSPS) is 12.9. The molecule has 0 unspecified atom stereocenters. The molecular formula is C15H11N5O3. The lowest BCUT2D eigenvalue weighted by Gasteiger charge is -2.01. The van der Waals surface area contributed by atoms with E-state index in [-0.39, 0.29) is 18.0 Å². The van der Waals surface area contributed by atoms with Crippen molar-refractivity contribution in [2.45, 2.75) is 0 Å². The van der Waals surface area contributed by atoms with Crippen molar-refractivity contribution in [2.24, 2.45) is 10.2 Å². The largest absolute Gasteiger partial charge is 0.454 e. The fourth-order valence-corrected chi connectivity index (χ4v) is 2.23. The number of hydrogen-bond acceptors (Lipinski definition) is 6. The lowest BCUT2D eigenvalue weighted by molar-refractivity contribution is 0.174. The molecule has 1 aliphatic heterocycles. The molecule has 114 valence electrons.